The van der Waals surface area contributed by atoms with Crippen LogP contribution >= 0.6 is 0 Å². The maximum Gasteiger partial charge on any atom is 0.430 e. The van der Waals surface area contributed by atoms with Crippen LogP contribution in [-0.2, 0) is 19.8 Å². The summed E-state index contributed by atoms with van der Waals surface area (Å²) in [6.45, 7) is 10.9. The number of amides is 3. The Morgan fingerprint density at radius 3 is 2.28 bits per heavy atom. The van der Waals surface area contributed by atoms with Gasteiger partial charge in [0, 0.05) is 11.3 Å². The molecule has 0 bridgehead atoms. The van der Waals surface area contributed by atoms with Gasteiger partial charge in [0.2, 0.25) is 0 Å². The Morgan fingerprint density at radius 2 is 1.69 bits per heavy atom. The van der Waals surface area contributed by atoms with Crippen molar-refractivity contribution in [2.75, 3.05) is 5.32 Å². The van der Waals surface area contributed by atoms with E-state index in [2.05, 4.69) is 10.7 Å². The van der Waals surface area contributed by atoms with E-state index >= 15 is 0 Å². The minimum absolute atomic E-state index is 0.276. The Bertz CT molecular complexity index is 762. The lowest BCUT2D eigenvalue weighted by molar-refractivity contribution is -0.130. The van der Waals surface area contributed by atoms with Crippen LogP contribution in [0.4, 0.5) is 15.3 Å². The zero-order valence-electron chi connectivity index (χ0n) is 17.9. The molecule has 1 aliphatic heterocycles. The summed E-state index contributed by atoms with van der Waals surface area (Å²) in [6, 6.07) is 7.14. The van der Waals surface area contributed by atoms with Crippen LogP contribution < -0.4 is 10.7 Å². The van der Waals surface area contributed by atoms with Crippen molar-refractivity contribution in [2.24, 2.45) is 5.92 Å². The van der Waals surface area contributed by atoms with Crippen LogP contribution in [0.15, 0.2) is 24.3 Å². The molecule has 0 radical (unpaired) electrons. The van der Waals surface area contributed by atoms with Crippen molar-refractivity contribution in [3.63, 3.8) is 0 Å². The fraction of sp³-hybridized carbons (Fsp3) is 0.571. The second-order valence-electron chi connectivity index (χ2n) is 8.13. The lowest BCUT2D eigenvalue weighted by atomic mass is 9.84. The van der Waals surface area contributed by atoms with Crippen LogP contribution in [0.5, 0.6) is 0 Å². The van der Waals surface area contributed by atoms with Crippen molar-refractivity contribution in [1.29, 1.82) is 0 Å². The predicted octanol–water partition coefficient (Wildman–Crippen LogP) is 4.17. The normalized spacial score (nSPS) is 17.9. The van der Waals surface area contributed by atoms with Crippen molar-refractivity contribution >= 4 is 23.8 Å². The molecule has 0 aliphatic carbocycles. The van der Waals surface area contributed by atoms with E-state index < -0.39 is 35.8 Å². The number of rotatable bonds is 6. The molecule has 8 heteroatoms. The summed E-state index contributed by atoms with van der Waals surface area (Å²) in [5.41, 5.74) is 2.23. The van der Waals surface area contributed by atoms with Crippen LogP contribution in [0.3, 0.4) is 0 Å². The van der Waals surface area contributed by atoms with Gasteiger partial charge in [-0.25, -0.2) is 15.0 Å². The molecule has 1 atom stereocenters. The quantitative estimate of drug-likeness (QED) is 0.693. The molecule has 0 saturated heterocycles. The van der Waals surface area contributed by atoms with Crippen molar-refractivity contribution < 1.29 is 23.9 Å². The first-order valence-corrected chi connectivity index (χ1v) is 9.97. The van der Waals surface area contributed by atoms with Gasteiger partial charge in [-0.15, -0.1) is 0 Å². The van der Waals surface area contributed by atoms with Gasteiger partial charge in [0.05, 0.1) is 12.2 Å². The standard InChI is InChI=1S/C21H31N3O5/c1-13(2)11-12-21(16-9-7-8-10-17(16)22-18(21)25)24(20(27)29-15(5)6)23-19(26)28-14(3)4/h7-10,13-15H,11-12H2,1-6H3,(H,22,25)(H,23,26). The van der Waals surface area contributed by atoms with Gasteiger partial charge < -0.3 is 14.8 Å². The second kappa shape index (κ2) is 9.15. The SMILES string of the molecule is CC(C)CCC1(N(NC(=O)OC(C)C)C(=O)OC(C)C)C(=O)Nc2ccccc21. The summed E-state index contributed by atoms with van der Waals surface area (Å²) in [5, 5.41) is 3.82. The number of carbonyl (C=O) groups is 3. The summed E-state index contributed by atoms with van der Waals surface area (Å²) in [6.07, 6.45) is -1.53. The molecule has 1 heterocycles. The molecule has 0 aromatic heterocycles. The van der Waals surface area contributed by atoms with E-state index in [9.17, 15) is 14.4 Å². The minimum Gasteiger partial charge on any atom is -0.446 e. The van der Waals surface area contributed by atoms with Crippen LogP contribution in [0.2, 0.25) is 0 Å². The lowest BCUT2D eigenvalue weighted by Crippen LogP contribution is -2.61. The zero-order chi connectivity index (χ0) is 21.8. The molecule has 1 aromatic carbocycles. The van der Waals surface area contributed by atoms with E-state index in [-0.39, 0.29) is 5.92 Å². The highest BCUT2D eigenvalue weighted by Crippen LogP contribution is 2.44. The van der Waals surface area contributed by atoms with Crippen molar-refractivity contribution in [3.8, 4) is 0 Å². The van der Waals surface area contributed by atoms with Crippen LogP contribution in [0.1, 0.15) is 59.9 Å². The fourth-order valence-electron chi connectivity index (χ4n) is 3.26. The van der Waals surface area contributed by atoms with Crippen molar-refractivity contribution in [1.82, 2.24) is 10.4 Å². The Labute approximate surface area is 171 Å². The molecule has 2 N–H and O–H groups in total. The third-order valence-electron chi connectivity index (χ3n) is 4.53. The molecule has 8 nitrogen and oxygen atoms in total. The monoisotopic (exact) mass is 405 g/mol. The number of fused-ring (bicyclic) bond motifs is 1. The molecule has 2 rings (SSSR count). The smallest absolute Gasteiger partial charge is 0.430 e. The Balaban J connectivity index is 2.56. The number of benzene rings is 1. The Kier molecular flexibility index (Phi) is 7.11. The van der Waals surface area contributed by atoms with Crippen LogP contribution in [0.25, 0.3) is 0 Å². The number of ether oxygens (including phenoxy) is 2. The molecule has 3 amide bonds. The highest BCUT2D eigenvalue weighted by molar-refractivity contribution is 6.07. The molecular weight excluding hydrogens is 374 g/mol. The topological polar surface area (TPSA) is 97.0 Å². The number of nitrogens with one attached hydrogen (secondary N) is 2. The molecule has 0 saturated carbocycles. The lowest BCUT2D eigenvalue weighted by Gasteiger charge is -2.39. The summed E-state index contributed by atoms with van der Waals surface area (Å²) in [4.78, 5) is 38.7. The van der Waals surface area contributed by atoms with E-state index in [0.717, 1.165) is 5.01 Å². The van der Waals surface area contributed by atoms with E-state index in [0.29, 0.717) is 24.1 Å². The van der Waals surface area contributed by atoms with E-state index in [1.165, 1.54) is 0 Å². The Morgan fingerprint density at radius 1 is 1.07 bits per heavy atom. The molecule has 0 spiro atoms. The number of anilines is 1. The summed E-state index contributed by atoms with van der Waals surface area (Å²) >= 11 is 0. The van der Waals surface area contributed by atoms with Crippen molar-refractivity contribution in [3.05, 3.63) is 29.8 Å². The van der Waals surface area contributed by atoms with Gasteiger partial charge in [-0.1, -0.05) is 32.0 Å². The minimum atomic E-state index is -1.44. The number of hydrogen-bond donors (Lipinski definition) is 2. The van der Waals surface area contributed by atoms with Crippen LogP contribution in [-0.4, -0.2) is 35.3 Å². The predicted molar refractivity (Wildman–Crippen MR) is 109 cm³/mol. The summed E-state index contributed by atoms with van der Waals surface area (Å²) in [7, 11) is 0. The molecule has 1 aliphatic rings. The number of nitrogens with zero attached hydrogens (tertiary/aromatic N) is 1. The summed E-state index contributed by atoms with van der Waals surface area (Å²) < 4.78 is 10.5. The average molecular weight is 405 g/mol. The zero-order valence-corrected chi connectivity index (χ0v) is 17.9. The van der Waals surface area contributed by atoms with Gasteiger partial charge in [-0.3, -0.25) is 4.79 Å². The third-order valence-corrected chi connectivity index (χ3v) is 4.53. The molecule has 160 valence electrons. The van der Waals surface area contributed by atoms with Gasteiger partial charge in [-0.2, -0.15) is 5.01 Å². The van der Waals surface area contributed by atoms with Gasteiger partial charge in [0.1, 0.15) is 0 Å². The van der Waals surface area contributed by atoms with Gasteiger partial charge in [0.15, 0.2) is 5.54 Å². The molecule has 1 unspecified atom stereocenters. The number of hydrazine groups is 1. The number of carbonyl (C=O) groups excluding carboxylic acids is 3. The van der Waals surface area contributed by atoms with Crippen molar-refractivity contribution in [2.45, 2.75) is 72.1 Å². The largest absolute Gasteiger partial charge is 0.446 e. The van der Waals surface area contributed by atoms with E-state index in [4.69, 9.17) is 9.47 Å². The first-order chi connectivity index (χ1) is 13.6. The molecule has 1 aromatic rings. The average Bonchev–Trinajstić information content (AvgIpc) is 2.88. The highest BCUT2D eigenvalue weighted by Gasteiger charge is 2.54. The molecule has 29 heavy (non-hydrogen) atoms. The fourth-order valence-corrected chi connectivity index (χ4v) is 3.26. The third kappa shape index (κ3) is 4.99. The second-order valence-corrected chi connectivity index (χ2v) is 8.13. The van der Waals surface area contributed by atoms with E-state index in [1.54, 1.807) is 52.0 Å². The van der Waals surface area contributed by atoms with Crippen LogP contribution in [0, 0.1) is 5.92 Å². The van der Waals surface area contributed by atoms with Gasteiger partial charge >= 0.3 is 12.2 Å². The number of hydrogen-bond acceptors (Lipinski definition) is 5. The number of para-hydroxylation sites is 1. The van der Waals surface area contributed by atoms with Gasteiger partial charge in [-0.05, 0) is 52.5 Å². The highest BCUT2D eigenvalue weighted by atomic mass is 16.6. The first-order valence-electron chi connectivity index (χ1n) is 9.97. The first kappa shape index (κ1) is 22.5. The molecular formula is C21H31N3O5. The molecule has 0 fully saturated rings. The Hall–Kier alpha value is -2.77. The van der Waals surface area contributed by atoms with Gasteiger partial charge in [0.25, 0.3) is 5.91 Å². The summed E-state index contributed by atoms with van der Waals surface area (Å²) in [5.74, 6) is -0.122. The maximum atomic E-state index is 13.2. The maximum absolute atomic E-state index is 13.2. The van der Waals surface area contributed by atoms with E-state index in [1.807, 2.05) is 13.8 Å².